The summed E-state index contributed by atoms with van der Waals surface area (Å²) in [5, 5.41) is 6.10. The van der Waals surface area contributed by atoms with Gasteiger partial charge in [-0.1, -0.05) is 18.7 Å². The second-order valence-corrected chi connectivity index (χ2v) is 4.31. The van der Waals surface area contributed by atoms with Crippen molar-refractivity contribution in [1.82, 2.24) is 5.32 Å². The van der Waals surface area contributed by atoms with Crippen molar-refractivity contribution in [1.29, 1.82) is 0 Å². The van der Waals surface area contributed by atoms with E-state index in [-0.39, 0.29) is 24.2 Å². The summed E-state index contributed by atoms with van der Waals surface area (Å²) in [5.74, 6) is 0.876. The van der Waals surface area contributed by atoms with E-state index < -0.39 is 0 Å². The van der Waals surface area contributed by atoms with Gasteiger partial charge in [-0.2, -0.15) is 0 Å². The van der Waals surface area contributed by atoms with Gasteiger partial charge in [-0.3, -0.25) is 4.79 Å². The summed E-state index contributed by atoms with van der Waals surface area (Å²) in [5.41, 5.74) is 0.772. The van der Waals surface area contributed by atoms with E-state index >= 15 is 0 Å². The number of benzene rings is 1. The smallest absolute Gasteiger partial charge is 0.228 e. The molecule has 1 fully saturated rings. The van der Waals surface area contributed by atoms with Gasteiger partial charge in [0, 0.05) is 18.3 Å². The zero-order chi connectivity index (χ0) is 12.8. The van der Waals surface area contributed by atoms with E-state index in [1.807, 2.05) is 24.3 Å². The fourth-order valence-corrected chi connectivity index (χ4v) is 1.94. The van der Waals surface area contributed by atoms with Crippen LogP contribution in [0.3, 0.4) is 0 Å². The van der Waals surface area contributed by atoms with Crippen LogP contribution in [0.15, 0.2) is 36.9 Å². The lowest BCUT2D eigenvalue weighted by atomic mass is 10.1. The van der Waals surface area contributed by atoms with Crippen LogP contribution in [0, 0.1) is 5.92 Å². The third-order valence-corrected chi connectivity index (χ3v) is 2.90. The van der Waals surface area contributed by atoms with Gasteiger partial charge < -0.3 is 15.4 Å². The van der Waals surface area contributed by atoms with Crippen LogP contribution < -0.4 is 15.4 Å². The van der Waals surface area contributed by atoms with E-state index in [0.717, 1.165) is 30.9 Å². The predicted octanol–water partition coefficient (Wildman–Crippen LogP) is 2.22. The Bertz CT molecular complexity index is 431. The molecule has 1 saturated heterocycles. The zero-order valence-electron chi connectivity index (χ0n) is 10.7. The van der Waals surface area contributed by atoms with Gasteiger partial charge in [-0.25, -0.2) is 0 Å². The Labute approximate surface area is 119 Å². The molecule has 4 nitrogen and oxygen atoms in total. The average Bonchev–Trinajstić information content (AvgIpc) is 2.91. The number of rotatable bonds is 5. The molecule has 0 spiro atoms. The summed E-state index contributed by atoms with van der Waals surface area (Å²) >= 11 is 0. The molecular weight excluding hydrogens is 264 g/mol. The molecule has 0 bridgehead atoms. The largest absolute Gasteiger partial charge is 0.489 e. The molecule has 0 radical (unpaired) electrons. The van der Waals surface area contributed by atoms with Crippen molar-refractivity contribution in [3.63, 3.8) is 0 Å². The van der Waals surface area contributed by atoms with Gasteiger partial charge in [0.25, 0.3) is 0 Å². The van der Waals surface area contributed by atoms with Crippen LogP contribution in [0.1, 0.15) is 6.42 Å². The van der Waals surface area contributed by atoms with Gasteiger partial charge >= 0.3 is 0 Å². The van der Waals surface area contributed by atoms with Gasteiger partial charge in [0.1, 0.15) is 12.4 Å². The molecule has 1 aliphatic rings. The first-order valence-electron chi connectivity index (χ1n) is 6.15. The molecule has 1 aliphatic heterocycles. The van der Waals surface area contributed by atoms with Crippen LogP contribution in [0.2, 0.25) is 0 Å². The molecule has 1 aromatic rings. The third-order valence-electron chi connectivity index (χ3n) is 2.90. The standard InChI is InChI=1S/C14H18N2O2.ClH/c1-2-8-18-13-5-3-4-12(9-13)16-14(17)11-6-7-15-10-11;/h2-5,9,11,15H,1,6-8,10H2,(H,16,17);1H. The van der Waals surface area contributed by atoms with Gasteiger partial charge in [0.05, 0.1) is 5.92 Å². The maximum atomic E-state index is 11.9. The first-order valence-corrected chi connectivity index (χ1v) is 6.15. The number of halogens is 1. The Balaban J connectivity index is 0.00000180. The van der Waals surface area contributed by atoms with Gasteiger partial charge in [-0.15, -0.1) is 12.4 Å². The van der Waals surface area contributed by atoms with E-state index in [1.54, 1.807) is 6.08 Å². The van der Waals surface area contributed by atoms with Crippen LogP contribution in [0.4, 0.5) is 5.69 Å². The molecule has 0 aliphatic carbocycles. The lowest BCUT2D eigenvalue weighted by molar-refractivity contribution is -0.119. The van der Waals surface area contributed by atoms with Crippen LogP contribution in [0.5, 0.6) is 5.75 Å². The molecule has 0 saturated carbocycles. The second-order valence-electron chi connectivity index (χ2n) is 4.31. The fraction of sp³-hybridized carbons (Fsp3) is 0.357. The molecule has 0 aromatic heterocycles. The number of hydrogen-bond acceptors (Lipinski definition) is 3. The third kappa shape index (κ3) is 4.58. The van der Waals surface area contributed by atoms with E-state index in [4.69, 9.17) is 4.74 Å². The Kier molecular flexibility index (Phi) is 6.39. The van der Waals surface area contributed by atoms with Gasteiger partial charge in [-0.05, 0) is 25.1 Å². The summed E-state index contributed by atoms with van der Waals surface area (Å²) in [6.45, 7) is 5.74. The molecule has 1 atom stereocenters. The maximum Gasteiger partial charge on any atom is 0.228 e. The molecule has 1 amide bonds. The molecule has 19 heavy (non-hydrogen) atoms. The number of nitrogens with one attached hydrogen (secondary N) is 2. The van der Waals surface area contributed by atoms with Crippen LogP contribution >= 0.6 is 12.4 Å². The predicted molar refractivity (Wildman–Crippen MR) is 79.0 cm³/mol. The molecule has 104 valence electrons. The first-order chi connectivity index (χ1) is 8.79. The Hall–Kier alpha value is -1.52. The molecular formula is C14H19ClN2O2. The summed E-state index contributed by atoms with van der Waals surface area (Å²) in [4.78, 5) is 11.9. The minimum atomic E-state index is 0. The Morgan fingerprint density at radius 1 is 1.58 bits per heavy atom. The fourth-order valence-electron chi connectivity index (χ4n) is 1.94. The Morgan fingerprint density at radius 2 is 2.42 bits per heavy atom. The van der Waals surface area contributed by atoms with E-state index in [2.05, 4.69) is 17.2 Å². The summed E-state index contributed by atoms with van der Waals surface area (Å²) in [6.07, 6.45) is 2.59. The minimum absolute atomic E-state index is 0. The first kappa shape index (κ1) is 15.5. The molecule has 5 heteroatoms. The summed E-state index contributed by atoms with van der Waals surface area (Å²) < 4.78 is 5.42. The number of amides is 1. The van der Waals surface area contributed by atoms with Crippen molar-refractivity contribution in [3.8, 4) is 5.75 Å². The monoisotopic (exact) mass is 282 g/mol. The topological polar surface area (TPSA) is 50.4 Å². The number of carbonyl (C=O) groups excluding carboxylic acids is 1. The van der Waals surface area contributed by atoms with Crippen LogP contribution in [0.25, 0.3) is 0 Å². The van der Waals surface area contributed by atoms with Crippen molar-refractivity contribution in [2.45, 2.75) is 6.42 Å². The highest BCUT2D eigenvalue weighted by atomic mass is 35.5. The molecule has 1 unspecified atom stereocenters. The lowest BCUT2D eigenvalue weighted by Gasteiger charge is -2.11. The number of hydrogen-bond donors (Lipinski definition) is 2. The summed E-state index contributed by atoms with van der Waals surface area (Å²) in [6, 6.07) is 7.40. The van der Waals surface area contributed by atoms with Crippen LogP contribution in [-0.2, 0) is 4.79 Å². The quantitative estimate of drug-likeness (QED) is 0.814. The molecule has 2 rings (SSSR count). The normalized spacial score (nSPS) is 17.4. The number of ether oxygens (including phenoxy) is 1. The van der Waals surface area contributed by atoms with Crippen molar-refractivity contribution in [3.05, 3.63) is 36.9 Å². The SMILES string of the molecule is C=CCOc1cccc(NC(=O)C2CCNC2)c1.Cl. The van der Waals surface area contributed by atoms with Crippen LogP contribution in [-0.4, -0.2) is 25.6 Å². The second kappa shape index (κ2) is 7.81. The van der Waals surface area contributed by atoms with Crippen molar-refractivity contribution < 1.29 is 9.53 Å². The number of anilines is 1. The van der Waals surface area contributed by atoms with Gasteiger partial charge in [0.2, 0.25) is 5.91 Å². The zero-order valence-corrected chi connectivity index (χ0v) is 11.5. The van der Waals surface area contributed by atoms with Crippen molar-refractivity contribution >= 4 is 24.0 Å². The number of carbonyl (C=O) groups is 1. The van der Waals surface area contributed by atoms with Crippen molar-refractivity contribution in [2.75, 3.05) is 25.0 Å². The molecule has 2 N–H and O–H groups in total. The highest BCUT2D eigenvalue weighted by molar-refractivity contribution is 5.93. The van der Waals surface area contributed by atoms with E-state index in [1.165, 1.54) is 0 Å². The van der Waals surface area contributed by atoms with E-state index in [0.29, 0.717) is 6.61 Å². The maximum absolute atomic E-state index is 11.9. The van der Waals surface area contributed by atoms with Gasteiger partial charge in [0.15, 0.2) is 0 Å². The van der Waals surface area contributed by atoms with E-state index in [9.17, 15) is 4.79 Å². The van der Waals surface area contributed by atoms with Crippen molar-refractivity contribution in [2.24, 2.45) is 5.92 Å². The molecule has 1 aromatic carbocycles. The minimum Gasteiger partial charge on any atom is -0.489 e. The Morgan fingerprint density at radius 3 is 3.11 bits per heavy atom. The average molecular weight is 283 g/mol. The highest BCUT2D eigenvalue weighted by Crippen LogP contribution is 2.19. The highest BCUT2D eigenvalue weighted by Gasteiger charge is 2.22. The summed E-state index contributed by atoms with van der Waals surface area (Å²) in [7, 11) is 0. The lowest BCUT2D eigenvalue weighted by Crippen LogP contribution is -2.24. The molecule has 1 heterocycles.